The van der Waals surface area contributed by atoms with Crippen molar-refractivity contribution in [3.63, 3.8) is 0 Å². The lowest BCUT2D eigenvalue weighted by atomic mass is 9.90. The average molecular weight is 533 g/mol. The molecule has 196 valence electrons. The second-order valence-electron chi connectivity index (χ2n) is 10.9. The highest BCUT2D eigenvalue weighted by atomic mass is 14.3. The Bertz CT molecular complexity index is 1900. The second-order valence-corrected chi connectivity index (χ2v) is 10.9. The normalized spacial score (nSPS) is 13.0. The van der Waals surface area contributed by atoms with Crippen molar-refractivity contribution in [2.75, 3.05) is 0 Å². The summed E-state index contributed by atoms with van der Waals surface area (Å²) < 4.78 is 0. The van der Waals surface area contributed by atoms with Crippen LogP contribution in [0.4, 0.5) is 0 Å². The van der Waals surface area contributed by atoms with Gasteiger partial charge in [0.2, 0.25) is 0 Å². The molecule has 0 heteroatoms. The van der Waals surface area contributed by atoms with Gasteiger partial charge in [-0.15, -0.1) is 0 Å². The largest absolute Gasteiger partial charge is 0.0622 e. The van der Waals surface area contributed by atoms with E-state index in [-0.39, 0.29) is 0 Å². The molecule has 0 radical (unpaired) electrons. The van der Waals surface area contributed by atoms with Crippen LogP contribution in [0.3, 0.4) is 0 Å². The van der Waals surface area contributed by atoms with Gasteiger partial charge >= 0.3 is 0 Å². The third-order valence-electron chi connectivity index (χ3n) is 8.38. The molecular formula is C42H28. The van der Waals surface area contributed by atoms with Crippen LogP contribution in [0.15, 0.2) is 146 Å². The summed E-state index contributed by atoms with van der Waals surface area (Å²) in [5, 5.41) is 0. The van der Waals surface area contributed by atoms with E-state index in [1.807, 2.05) is 0 Å². The van der Waals surface area contributed by atoms with E-state index in [4.69, 9.17) is 0 Å². The monoisotopic (exact) mass is 532 g/mol. The van der Waals surface area contributed by atoms with Crippen molar-refractivity contribution in [3.8, 4) is 22.3 Å². The van der Waals surface area contributed by atoms with Crippen LogP contribution in [0.1, 0.15) is 44.5 Å². The minimum absolute atomic E-state index is 1.20. The molecule has 2 aliphatic carbocycles. The number of benzene rings is 6. The molecule has 0 atom stereocenters. The number of hydrogen-bond acceptors (Lipinski definition) is 0. The third kappa shape index (κ3) is 4.17. The quantitative estimate of drug-likeness (QED) is 0.198. The van der Waals surface area contributed by atoms with Gasteiger partial charge in [0, 0.05) is 0 Å². The van der Waals surface area contributed by atoms with E-state index in [1.165, 1.54) is 77.9 Å². The van der Waals surface area contributed by atoms with Crippen LogP contribution >= 0.6 is 0 Å². The van der Waals surface area contributed by atoms with Crippen LogP contribution in [-0.4, -0.2) is 0 Å². The molecule has 0 aliphatic heterocycles. The number of rotatable bonds is 4. The Kier molecular flexibility index (Phi) is 5.90. The topological polar surface area (TPSA) is 0 Å². The van der Waals surface area contributed by atoms with Crippen LogP contribution in [-0.2, 0) is 0 Å². The maximum atomic E-state index is 2.38. The molecule has 0 aromatic heterocycles. The summed E-state index contributed by atoms with van der Waals surface area (Å²) in [5.74, 6) is 0. The van der Waals surface area contributed by atoms with Crippen molar-refractivity contribution < 1.29 is 0 Å². The van der Waals surface area contributed by atoms with Gasteiger partial charge < -0.3 is 0 Å². The minimum Gasteiger partial charge on any atom is -0.0622 e. The van der Waals surface area contributed by atoms with Crippen LogP contribution in [0.25, 0.3) is 57.7 Å². The summed E-state index contributed by atoms with van der Waals surface area (Å²) in [6.07, 6.45) is 8.85. The SMILES string of the molecule is C(=C\c1ccc2c(c1)C(=C1c3ccccc3-c3ccccc31)c1cc(/C=C/c3ccccc3)ccc1-2)/c1ccccc1. The molecule has 0 bridgehead atoms. The van der Waals surface area contributed by atoms with Gasteiger partial charge in [-0.1, -0.05) is 158 Å². The molecule has 0 saturated carbocycles. The van der Waals surface area contributed by atoms with Gasteiger partial charge in [-0.2, -0.15) is 0 Å². The number of fused-ring (bicyclic) bond motifs is 6. The zero-order valence-electron chi connectivity index (χ0n) is 23.2. The zero-order chi connectivity index (χ0) is 27.9. The lowest BCUT2D eigenvalue weighted by molar-refractivity contribution is 1.60. The molecule has 2 aliphatic rings. The van der Waals surface area contributed by atoms with E-state index in [2.05, 4.69) is 170 Å². The summed E-state index contributed by atoms with van der Waals surface area (Å²) in [4.78, 5) is 0. The van der Waals surface area contributed by atoms with Gasteiger partial charge in [0.15, 0.2) is 0 Å². The molecule has 6 aromatic carbocycles. The highest BCUT2D eigenvalue weighted by molar-refractivity contribution is 6.19. The maximum absolute atomic E-state index is 2.38. The summed E-state index contributed by atoms with van der Waals surface area (Å²) in [7, 11) is 0. The predicted octanol–water partition coefficient (Wildman–Crippen LogP) is 11.0. The summed E-state index contributed by atoms with van der Waals surface area (Å²) in [6.45, 7) is 0. The smallest absolute Gasteiger partial charge is 0.00135 e. The van der Waals surface area contributed by atoms with Crippen LogP contribution in [0.5, 0.6) is 0 Å². The van der Waals surface area contributed by atoms with E-state index in [0.29, 0.717) is 0 Å². The molecule has 0 nitrogen and oxygen atoms in total. The second kappa shape index (κ2) is 10.2. The van der Waals surface area contributed by atoms with Crippen molar-refractivity contribution in [2.24, 2.45) is 0 Å². The Hall–Kier alpha value is -5.46. The molecule has 0 unspecified atom stereocenters. The molecule has 0 amide bonds. The summed E-state index contributed by atoms with van der Waals surface area (Å²) >= 11 is 0. The Balaban J connectivity index is 1.34. The standard InChI is InChI=1S/C42H28/c1-3-11-29(12-4-1)19-21-31-23-25-35-36-26-24-32(22-20-30-13-5-2-6-14-30)28-40(36)42(39(35)27-31)41-37-17-9-7-15-33(37)34-16-8-10-18-38(34)41/h1-28H/b21-19+,22-20+. The Morgan fingerprint density at radius 3 is 1.02 bits per heavy atom. The summed E-state index contributed by atoms with van der Waals surface area (Å²) in [6, 6.07) is 52.6. The molecule has 0 spiro atoms. The molecule has 8 rings (SSSR count). The van der Waals surface area contributed by atoms with E-state index < -0.39 is 0 Å². The molecule has 0 saturated heterocycles. The maximum Gasteiger partial charge on any atom is -0.00135 e. The lowest BCUT2D eigenvalue weighted by Gasteiger charge is -2.12. The van der Waals surface area contributed by atoms with Crippen molar-refractivity contribution in [1.29, 1.82) is 0 Å². The number of hydrogen-bond donors (Lipinski definition) is 0. The fraction of sp³-hybridized carbons (Fsp3) is 0. The molecule has 42 heavy (non-hydrogen) atoms. The van der Waals surface area contributed by atoms with Crippen molar-refractivity contribution in [3.05, 3.63) is 190 Å². The molecule has 0 heterocycles. The highest BCUT2D eigenvalue weighted by Crippen LogP contribution is 2.54. The summed E-state index contributed by atoms with van der Waals surface area (Å²) in [5.41, 5.74) is 17.9. The lowest BCUT2D eigenvalue weighted by Crippen LogP contribution is -1.91. The van der Waals surface area contributed by atoms with Gasteiger partial charge in [0.1, 0.15) is 0 Å². The Labute approximate surface area is 247 Å². The average Bonchev–Trinajstić information content (AvgIpc) is 3.55. The molecular weight excluding hydrogens is 504 g/mol. The van der Waals surface area contributed by atoms with Crippen LogP contribution < -0.4 is 0 Å². The van der Waals surface area contributed by atoms with Gasteiger partial charge in [0.05, 0.1) is 0 Å². The molecule has 0 N–H and O–H groups in total. The van der Waals surface area contributed by atoms with Crippen molar-refractivity contribution >= 4 is 35.5 Å². The highest BCUT2D eigenvalue weighted by Gasteiger charge is 2.32. The Morgan fingerprint density at radius 2 is 0.571 bits per heavy atom. The van der Waals surface area contributed by atoms with Crippen molar-refractivity contribution in [2.45, 2.75) is 0 Å². The zero-order valence-corrected chi connectivity index (χ0v) is 23.2. The van der Waals surface area contributed by atoms with Gasteiger partial charge in [-0.25, -0.2) is 0 Å². The van der Waals surface area contributed by atoms with E-state index in [9.17, 15) is 0 Å². The third-order valence-corrected chi connectivity index (χ3v) is 8.38. The van der Waals surface area contributed by atoms with Gasteiger partial charge in [-0.05, 0) is 90.0 Å². The van der Waals surface area contributed by atoms with E-state index in [1.54, 1.807) is 0 Å². The first-order chi connectivity index (χ1) is 20.8. The first-order valence-electron chi connectivity index (χ1n) is 14.5. The molecule has 0 fully saturated rings. The van der Waals surface area contributed by atoms with Crippen LogP contribution in [0, 0.1) is 0 Å². The Morgan fingerprint density at radius 1 is 0.238 bits per heavy atom. The fourth-order valence-corrected chi connectivity index (χ4v) is 6.43. The predicted molar refractivity (Wildman–Crippen MR) is 180 cm³/mol. The van der Waals surface area contributed by atoms with Gasteiger partial charge in [0.25, 0.3) is 0 Å². The molecule has 6 aromatic rings. The first kappa shape index (κ1) is 24.3. The van der Waals surface area contributed by atoms with Crippen molar-refractivity contribution in [1.82, 2.24) is 0 Å². The van der Waals surface area contributed by atoms with Gasteiger partial charge in [-0.3, -0.25) is 0 Å². The minimum atomic E-state index is 1.20. The first-order valence-corrected chi connectivity index (χ1v) is 14.5. The van der Waals surface area contributed by atoms with Crippen LogP contribution in [0.2, 0.25) is 0 Å². The van der Waals surface area contributed by atoms with E-state index in [0.717, 1.165) is 0 Å². The van der Waals surface area contributed by atoms with E-state index >= 15 is 0 Å². The fourth-order valence-electron chi connectivity index (χ4n) is 6.43.